The molecule has 4 heterocycles. The van der Waals surface area contributed by atoms with Crippen molar-refractivity contribution in [3.05, 3.63) is 83.3 Å². The lowest BCUT2D eigenvalue weighted by atomic mass is 9.83. The Morgan fingerprint density at radius 1 is 0.905 bits per heavy atom. The minimum absolute atomic E-state index is 0.302. The molecule has 8 nitrogen and oxygen atoms in total. The zero-order valence-corrected chi connectivity index (χ0v) is 24.7. The average Bonchev–Trinajstić information content (AvgIpc) is 3.40. The van der Waals surface area contributed by atoms with E-state index in [9.17, 15) is 9.59 Å². The van der Waals surface area contributed by atoms with Gasteiger partial charge in [0.1, 0.15) is 17.3 Å². The second kappa shape index (κ2) is 11.9. The zero-order valence-electron chi connectivity index (χ0n) is 24.7. The van der Waals surface area contributed by atoms with E-state index in [2.05, 4.69) is 40.2 Å². The SMILES string of the molecule is COc1cc(NC(=O)C(=O)c2c(C3CCCCC3)cc3ccccn23)ccc1N1CCN(c2cc(C)cc(C)n2)CC1. The molecule has 1 aliphatic carbocycles. The van der Waals surface area contributed by atoms with Crippen LogP contribution in [0, 0.1) is 13.8 Å². The zero-order chi connectivity index (χ0) is 29.2. The van der Waals surface area contributed by atoms with Gasteiger partial charge in [0.05, 0.1) is 12.8 Å². The van der Waals surface area contributed by atoms with Crippen LogP contribution in [0.5, 0.6) is 5.75 Å². The first-order valence-corrected chi connectivity index (χ1v) is 15.0. The van der Waals surface area contributed by atoms with E-state index >= 15 is 0 Å². The summed E-state index contributed by atoms with van der Waals surface area (Å²) < 4.78 is 7.61. The number of aryl methyl sites for hydroxylation is 2. The largest absolute Gasteiger partial charge is 0.495 e. The van der Waals surface area contributed by atoms with E-state index in [0.29, 0.717) is 23.0 Å². The molecule has 0 radical (unpaired) electrons. The smallest absolute Gasteiger partial charge is 0.298 e. The number of nitrogens with zero attached hydrogens (tertiary/aromatic N) is 4. The molecule has 0 unspecified atom stereocenters. The van der Waals surface area contributed by atoms with Crippen LogP contribution in [0.1, 0.15) is 65.3 Å². The second-order valence-electron chi connectivity index (χ2n) is 11.6. The molecular formula is C34H39N5O3. The predicted octanol–water partition coefficient (Wildman–Crippen LogP) is 6.16. The van der Waals surface area contributed by atoms with Gasteiger partial charge < -0.3 is 24.3 Å². The summed E-state index contributed by atoms with van der Waals surface area (Å²) in [7, 11) is 1.63. The number of Topliss-reactive ketones (excluding diaryl/α,β-unsaturated/α-hetero) is 1. The van der Waals surface area contributed by atoms with Crippen LogP contribution in [0.3, 0.4) is 0 Å². The Bertz CT molecular complexity index is 1590. The maximum atomic E-state index is 13.7. The van der Waals surface area contributed by atoms with Gasteiger partial charge >= 0.3 is 0 Å². The summed E-state index contributed by atoms with van der Waals surface area (Å²) >= 11 is 0. The number of benzene rings is 1. The topological polar surface area (TPSA) is 79.2 Å². The Labute approximate surface area is 247 Å². The maximum absolute atomic E-state index is 13.7. The number of carbonyl (C=O) groups is 2. The molecule has 6 rings (SSSR count). The van der Waals surface area contributed by atoms with Gasteiger partial charge in [-0.2, -0.15) is 0 Å². The quantitative estimate of drug-likeness (QED) is 0.214. The van der Waals surface area contributed by atoms with Gasteiger partial charge in [0.25, 0.3) is 11.7 Å². The van der Waals surface area contributed by atoms with Gasteiger partial charge in [-0.25, -0.2) is 4.98 Å². The number of piperazine rings is 1. The van der Waals surface area contributed by atoms with Crippen molar-refractivity contribution in [2.24, 2.45) is 0 Å². The third-order valence-corrected chi connectivity index (χ3v) is 8.64. The molecule has 42 heavy (non-hydrogen) atoms. The molecule has 218 valence electrons. The Morgan fingerprint density at radius 3 is 2.40 bits per heavy atom. The van der Waals surface area contributed by atoms with Gasteiger partial charge in [-0.05, 0) is 86.2 Å². The molecule has 1 saturated carbocycles. The summed E-state index contributed by atoms with van der Waals surface area (Å²) in [6.45, 7) is 7.47. The molecule has 1 saturated heterocycles. The van der Waals surface area contributed by atoms with Gasteiger partial charge in [-0.1, -0.05) is 25.3 Å². The normalized spacial score (nSPS) is 16.1. The number of methoxy groups -OCH3 is 1. The summed E-state index contributed by atoms with van der Waals surface area (Å²) in [5, 5.41) is 2.85. The monoisotopic (exact) mass is 565 g/mol. The molecule has 0 spiro atoms. The van der Waals surface area contributed by atoms with E-state index in [4.69, 9.17) is 9.72 Å². The first kappa shape index (κ1) is 27.8. The molecule has 1 N–H and O–H groups in total. The fourth-order valence-electron chi connectivity index (χ4n) is 6.58. The maximum Gasteiger partial charge on any atom is 0.298 e. The number of pyridine rings is 2. The lowest BCUT2D eigenvalue weighted by Crippen LogP contribution is -2.47. The number of fused-ring (bicyclic) bond motifs is 1. The summed E-state index contributed by atoms with van der Waals surface area (Å²) in [4.78, 5) is 36.3. The molecule has 0 atom stereocenters. The Hall–Kier alpha value is -4.33. The fraction of sp³-hybridized carbons (Fsp3) is 0.382. The number of hydrogen-bond donors (Lipinski definition) is 1. The van der Waals surface area contributed by atoms with E-state index in [-0.39, 0.29) is 0 Å². The molecule has 8 heteroatoms. The molecule has 1 aromatic carbocycles. The van der Waals surface area contributed by atoms with Crippen LogP contribution in [0.25, 0.3) is 5.52 Å². The number of aromatic nitrogens is 2. The van der Waals surface area contributed by atoms with Crippen molar-refractivity contribution in [1.29, 1.82) is 0 Å². The molecule has 1 amide bonds. The van der Waals surface area contributed by atoms with Crippen molar-refractivity contribution in [3.63, 3.8) is 0 Å². The number of carbonyl (C=O) groups excluding carboxylic acids is 2. The summed E-state index contributed by atoms with van der Waals surface area (Å²) in [6.07, 6.45) is 7.50. The molecule has 2 fully saturated rings. The van der Waals surface area contributed by atoms with Crippen LogP contribution in [-0.2, 0) is 4.79 Å². The third kappa shape index (κ3) is 5.58. The van der Waals surface area contributed by atoms with E-state index in [0.717, 1.165) is 80.1 Å². The Kier molecular flexibility index (Phi) is 7.87. The Balaban J connectivity index is 1.17. The van der Waals surface area contributed by atoms with Crippen LogP contribution in [0.15, 0.2) is 60.8 Å². The summed E-state index contributed by atoms with van der Waals surface area (Å²) in [5.41, 5.74) is 6.15. The van der Waals surface area contributed by atoms with Crippen molar-refractivity contribution >= 4 is 34.4 Å². The van der Waals surface area contributed by atoms with Crippen molar-refractivity contribution in [1.82, 2.24) is 9.38 Å². The lowest BCUT2D eigenvalue weighted by molar-refractivity contribution is -0.112. The van der Waals surface area contributed by atoms with Crippen LogP contribution < -0.4 is 19.9 Å². The van der Waals surface area contributed by atoms with Crippen molar-refractivity contribution < 1.29 is 14.3 Å². The van der Waals surface area contributed by atoms with Crippen LogP contribution in [-0.4, -0.2) is 54.4 Å². The third-order valence-electron chi connectivity index (χ3n) is 8.64. The first-order valence-electron chi connectivity index (χ1n) is 15.0. The highest BCUT2D eigenvalue weighted by molar-refractivity contribution is 6.46. The minimum Gasteiger partial charge on any atom is -0.495 e. The van der Waals surface area contributed by atoms with Crippen LogP contribution in [0.2, 0.25) is 0 Å². The number of rotatable bonds is 7. The predicted molar refractivity (Wildman–Crippen MR) is 167 cm³/mol. The second-order valence-corrected chi connectivity index (χ2v) is 11.6. The van der Waals surface area contributed by atoms with E-state index in [1.54, 1.807) is 13.2 Å². The number of anilines is 3. The first-order chi connectivity index (χ1) is 20.4. The van der Waals surface area contributed by atoms with Crippen molar-refractivity contribution in [2.45, 2.75) is 51.9 Å². The lowest BCUT2D eigenvalue weighted by Gasteiger charge is -2.37. The van der Waals surface area contributed by atoms with Crippen LogP contribution >= 0.6 is 0 Å². The molecule has 1 aliphatic heterocycles. The average molecular weight is 566 g/mol. The molecular weight excluding hydrogens is 526 g/mol. The number of ketones is 1. The van der Waals surface area contributed by atoms with Gasteiger partial charge in [0, 0.05) is 55.3 Å². The summed E-state index contributed by atoms with van der Waals surface area (Å²) in [6, 6.07) is 17.8. The number of ether oxygens (including phenoxy) is 1. The molecule has 4 aromatic rings. The van der Waals surface area contributed by atoms with Gasteiger partial charge in [-0.15, -0.1) is 0 Å². The number of nitrogens with one attached hydrogen (secondary N) is 1. The molecule has 0 bridgehead atoms. The highest BCUT2D eigenvalue weighted by Crippen LogP contribution is 2.37. The van der Waals surface area contributed by atoms with Crippen molar-refractivity contribution in [2.75, 3.05) is 48.4 Å². The number of amides is 1. The standard InChI is InChI=1S/C34H39N5O3/c1-23-19-24(2)35-31(20-23)38-17-15-37(16-18-38)29-13-12-26(21-30(29)42-3)36-34(41)33(40)32-28(25-9-5-4-6-10-25)22-27-11-7-8-14-39(27)32/h7-8,11-14,19-22,25H,4-6,9-10,15-18H2,1-3H3,(H,36,41). The van der Waals surface area contributed by atoms with Gasteiger partial charge in [0.15, 0.2) is 0 Å². The van der Waals surface area contributed by atoms with E-state index in [1.807, 2.05) is 47.9 Å². The van der Waals surface area contributed by atoms with Crippen molar-refractivity contribution in [3.8, 4) is 5.75 Å². The highest BCUT2D eigenvalue weighted by Gasteiger charge is 2.29. The van der Waals surface area contributed by atoms with Crippen LogP contribution in [0.4, 0.5) is 17.2 Å². The van der Waals surface area contributed by atoms with Gasteiger partial charge in [-0.3, -0.25) is 9.59 Å². The highest BCUT2D eigenvalue weighted by atomic mass is 16.5. The molecule has 3 aromatic heterocycles. The van der Waals surface area contributed by atoms with E-state index < -0.39 is 11.7 Å². The molecule has 2 aliphatic rings. The van der Waals surface area contributed by atoms with Gasteiger partial charge in [0.2, 0.25) is 0 Å². The minimum atomic E-state index is -0.639. The number of hydrogen-bond acceptors (Lipinski definition) is 6. The Morgan fingerprint density at radius 2 is 1.67 bits per heavy atom. The van der Waals surface area contributed by atoms with E-state index in [1.165, 1.54) is 12.0 Å². The fourth-order valence-corrected chi connectivity index (χ4v) is 6.58. The summed E-state index contributed by atoms with van der Waals surface area (Å²) in [5.74, 6) is 0.829.